The van der Waals surface area contributed by atoms with Gasteiger partial charge in [-0.15, -0.1) is 0 Å². The number of nitrogens with one attached hydrogen (secondary N) is 1. The Morgan fingerprint density at radius 3 is 2.38 bits per heavy atom. The lowest BCUT2D eigenvalue weighted by Gasteiger charge is -2.43. The summed E-state index contributed by atoms with van der Waals surface area (Å²) < 4.78 is 0. The number of likely N-dealkylation sites (N-methyl/N-ethyl adjacent to an activating group) is 1. The molecule has 0 aromatic heterocycles. The van der Waals surface area contributed by atoms with Gasteiger partial charge in [-0.25, -0.2) is 4.79 Å². The zero-order valence-corrected chi connectivity index (χ0v) is 15.3. The fourth-order valence-corrected chi connectivity index (χ4v) is 3.75. The Morgan fingerprint density at radius 2 is 1.81 bits per heavy atom. The molecule has 2 fully saturated rings. The Morgan fingerprint density at radius 1 is 1.15 bits per heavy atom. The summed E-state index contributed by atoms with van der Waals surface area (Å²) in [5.74, 6) is -0.796. The molecule has 1 aliphatic heterocycles. The Balaban J connectivity index is 1.40. The number of hydrogen-bond acceptors (Lipinski definition) is 4. The highest BCUT2D eigenvalue weighted by atomic mass is 16.4. The Hall–Kier alpha value is -2.28. The van der Waals surface area contributed by atoms with Gasteiger partial charge in [-0.05, 0) is 31.5 Å². The number of amides is 2. The lowest BCUT2D eigenvalue weighted by Crippen LogP contribution is -2.59. The molecule has 2 N–H and O–H groups in total. The molecule has 7 heteroatoms. The maximum Gasteiger partial charge on any atom is 0.317 e. The number of aliphatic carboxylic acids is 1. The van der Waals surface area contributed by atoms with E-state index in [4.69, 9.17) is 5.11 Å². The largest absolute Gasteiger partial charge is 0.480 e. The highest BCUT2D eigenvalue weighted by Crippen LogP contribution is 2.26. The van der Waals surface area contributed by atoms with Crippen LogP contribution in [0.25, 0.3) is 0 Å². The zero-order chi connectivity index (χ0) is 18.5. The Kier molecular flexibility index (Phi) is 5.98. The van der Waals surface area contributed by atoms with Gasteiger partial charge in [0.05, 0.1) is 6.54 Å². The van der Waals surface area contributed by atoms with E-state index in [9.17, 15) is 9.59 Å². The average molecular weight is 360 g/mol. The van der Waals surface area contributed by atoms with Gasteiger partial charge in [0.2, 0.25) is 0 Å². The molecule has 0 atom stereocenters. The number of carbonyl (C=O) groups is 2. The van der Waals surface area contributed by atoms with E-state index in [-0.39, 0.29) is 24.7 Å². The molecule has 142 valence electrons. The van der Waals surface area contributed by atoms with Crippen LogP contribution in [0.15, 0.2) is 30.3 Å². The van der Waals surface area contributed by atoms with Crippen molar-refractivity contribution in [1.82, 2.24) is 15.1 Å². The summed E-state index contributed by atoms with van der Waals surface area (Å²) in [6.07, 6.45) is 1.66. The van der Waals surface area contributed by atoms with Crippen molar-refractivity contribution in [3.8, 4) is 0 Å². The highest BCUT2D eigenvalue weighted by molar-refractivity contribution is 5.75. The molecule has 0 unspecified atom stereocenters. The predicted molar refractivity (Wildman–Crippen MR) is 100 cm³/mol. The minimum atomic E-state index is -0.796. The summed E-state index contributed by atoms with van der Waals surface area (Å²) >= 11 is 0. The molecule has 1 aromatic rings. The maximum absolute atomic E-state index is 12.5. The molecule has 0 bridgehead atoms. The molecule has 7 nitrogen and oxygen atoms in total. The third-order valence-electron chi connectivity index (χ3n) is 5.39. The second-order valence-corrected chi connectivity index (χ2v) is 7.04. The van der Waals surface area contributed by atoms with Crippen molar-refractivity contribution in [3.05, 3.63) is 30.3 Å². The SMILES string of the molecule is CCN(CC(=O)O)C1CC(NC(=O)N2CCN(c3ccccc3)CC2)C1. The summed E-state index contributed by atoms with van der Waals surface area (Å²) in [6.45, 7) is 5.89. The molecule has 0 spiro atoms. The van der Waals surface area contributed by atoms with Gasteiger partial charge in [0.1, 0.15) is 0 Å². The van der Waals surface area contributed by atoms with E-state index in [1.807, 2.05) is 34.9 Å². The number of carboxylic acids is 1. The average Bonchev–Trinajstić information content (AvgIpc) is 2.63. The van der Waals surface area contributed by atoms with Gasteiger partial charge in [0, 0.05) is 44.0 Å². The number of rotatable bonds is 6. The molecule has 1 saturated heterocycles. The van der Waals surface area contributed by atoms with Gasteiger partial charge >= 0.3 is 12.0 Å². The Bertz CT molecular complexity index is 610. The van der Waals surface area contributed by atoms with Crippen LogP contribution in [0.4, 0.5) is 10.5 Å². The van der Waals surface area contributed by atoms with Gasteiger partial charge in [0.25, 0.3) is 0 Å². The van der Waals surface area contributed by atoms with Crippen LogP contribution in [-0.4, -0.2) is 78.3 Å². The van der Waals surface area contributed by atoms with E-state index in [1.54, 1.807) is 0 Å². The molecule has 0 radical (unpaired) electrons. The summed E-state index contributed by atoms with van der Waals surface area (Å²) in [5, 5.41) is 12.0. The highest BCUT2D eigenvalue weighted by Gasteiger charge is 2.35. The summed E-state index contributed by atoms with van der Waals surface area (Å²) in [6, 6.07) is 10.7. The van der Waals surface area contributed by atoms with Gasteiger partial charge in [0.15, 0.2) is 0 Å². The van der Waals surface area contributed by atoms with Crippen LogP contribution < -0.4 is 10.2 Å². The number of para-hydroxylation sites is 1. The number of benzene rings is 1. The van der Waals surface area contributed by atoms with Crippen molar-refractivity contribution in [2.45, 2.75) is 31.8 Å². The molecule has 2 amide bonds. The van der Waals surface area contributed by atoms with Crippen molar-refractivity contribution in [2.75, 3.05) is 44.2 Å². The van der Waals surface area contributed by atoms with E-state index >= 15 is 0 Å². The van der Waals surface area contributed by atoms with Gasteiger partial charge < -0.3 is 20.2 Å². The second-order valence-electron chi connectivity index (χ2n) is 7.04. The monoisotopic (exact) mass is 360 g/mol. The van der Waals surface area contributed by atoms with Crippen LogP contribution >= 0.6 is 0 Å². The third-order valence-corrected chi connectivity index (χ3v) is 5.39. The van der Waals surface area contributed by atoms with Crippen LogP contribution in [0.2, 0.25) is 0 Å². The number of nitrogens with zero attached hydrogens (tertiary/aromatic N) is 3. The fraction of sp³-hybridized carbons (Fsp3) is 0.579. The van der Waals surface area contributed by atoms with Gasteiger partial charge in [-0.3, -0.25) is 9.69 Å². The second kappa shape index (κ2) is 8.40. The summed E-state index contributed by atoms with van der Waals surface area (Å²) in [7, 11) is 0. The topological polar surface area (TPSA) is 76.1 Å². The third kappa shape index (κ3) is 4.46. The van der Waals surface area contributed by atoms with Crippen molar-refractivity contribution in [1.29, 1.82) is 0 Å². The zero-order valence-electron chi connectivity index (χ0n) is 15.3. The first-order chi connectivity index (χ1) is 12.6. The molecular formula is C19H28N4O3. The first-order valence-electron chi connectivity index (χ1n) is 9.38. The quantitative estimate of drug-likeness (QED) is 0.803. The molecule has 1 aromatic carbocycles. The van der Waals surface area contributed by atoms with Crippen molar-refractivity contribution < 1.29 is 14.7 Å². The van der Waals surface area contributed by atoms with Crippen LogP contribution in [0.3, 0.4) is 0 Å². The van der Waals surface area contributed by atoms with E-state index in [1.165, 1.54) is 5.69 Å². The molecule has 1 saturated carbocycles. The van der Waals surface area contributed by atoms with Crippen molar-refractivity contribution in [3.63, 3.8) is 0 Å². The number of piperazine rings is 1. The normalized spacial score (nSPS) is 22.8. The van der Waals surface area contributed by atoms with E-state index < -0.39 is 5.97 Å². The lowest BCUT2D eigenvalue weighted by atomic mass is 9.85. The first kappa shape index (κ1) is 18.5. The number of carbonyl (C=O) groups excluding carboxylic acids is 1. The lowest BCUT2D eigenvalue weighted by molar-refractivity contribution is -0.139. The summed E-state index contributed by atoms with van der Waals surface area (Å²) in [5.41, 5.74) is 1.20. The molecular weight excluding hydrogens is 332 g/mol. The minimum Gasteiger partial charge on any atom is -0.480 e. The minimum absolute atomic E-state index is 0.00226. The molecule has 1 aliphatic carbocycles. The number of urea groups is 1. The standard InChI is InChI=1S/C19H28N4O3/c1-2-21(14-18(24)25)17-12-15(13-17)20-19(26)23-10-8-22(9-11-23)16-6-4-3-5-7-16/h3-7,15,17H,2,8-14H2,1H3,(H,20,26)(H,24,25). The van der Waals surface area contributed by atoms with E-state index in [0.29, 0.717) is 0 Å². The number of anilines is 1. The maximum atomic E-state index is 12.5. The first-order valence-corrected chi connectivity index (χ1v) is 9.38. The molecule has 3 rings (SSSR count). The Labute approximate surface area is 154 Å². The fourth-order valence-electron chi connectivity index (χ4n) is 3.75. The smallest absolute Gasteiger partial charge is 0.317 e. The number of carboxylic acid groups (broad SMARTS) is 1. The molecule has 26 heavy (non-hydrogen) atoms. The van der Waals surface area contributed by atoms with Crippen molar-refractivity contribution >= 4 is 17.7 Å². The summed E-state index contributed by atoms with van der Waals surface area (Å²) in [4.78, 5) is 29.5. The molecule has 2 aliphatic rings. The van der Waals surface area contributed by atoms with Crippen molar-refractivity contribution in [2.24, 2.45) is 0 Å². The molecule has 1 heterocycles. The number of hydrogen-bond donors (Lipinski definition) is 2. The predicted octanol–water partition coefficient (Wildman–Crippen LogP) is 1.46. The van der Waals surface area contributed by atoms with Gasteiger partial charge in [-0.1, -0.05) is 25.1 Å². The van der Waals surface area contributed by atoms with Crippen LogP contribution in [0.1, 0.15) is 19.8 Å². The van der Waals surface area contributed by atoms with Gasteiger partial charge in [-0.2, -0.15) is 0 Å². The van der Waals surface area contributed by atoms with Crippen LogP contribution in [0.5, 0.6) is 0 Å². The van der Waals surface area contributed by atoms with E-state index in [0.717, 1.165) is 45.6 Å². The van der Waals surface area contributed by atoms with Crippen LogP contribution in [-0.2, 0) is 4.79 Å². The van der Waals surface area contributed by atoms with Crippen LogP contribution in [0, 0.1) is 0 Å². The van der Waals surface area contributed by atoms with E-state index in [2.05, 4.69) is 22.3 Å².